The van der Waals surface area contributed by atoms with Crippen LogP contribution in [0, 0.1) is 0 Å². The Hall–Kier alpha value is -1.93. The molecule has 0 radical (unpaired) electrons. The number of ether oxygens (including phenoxy) is 2. The van der Waals surface area contributed by atoms with Gasteiger partial charge in [-0.1, -0.05) is 13.3 Å². The molecule has 0 unspecified atom stereocenters. The third kappa shape index (κ3) is 3.89. The van der Waals surface area contributed by atoms with Crippen molar-refractivity contribution in [3.8, 4) is 6.01 Å². The molecule has 0 aromatic carbocycles. The summed E-state index contributed by atoms with van der Waals surface area (Å²) >= 11 is 0. The molecule has 2 aromatic rings. The number of morpholine rings is 1. The Morgan fingerprint density at radius 1 is 1.35 bits per heavy atom. The summed E-state index contributed by atoms with van der Waals surface area (Å²) in [4.78, 5) is 25.7. The monoisotopic (exact) mass is 321 g/mol. The predicted molar refractivity (Wildman–Crippen MR) is 85.8 cm³/mol. The number of unbranched alkanes of at least 4 members (excludes halogenated alkanes) is 1. The quantitative estimate of drug-likeness (QED) is 0.753. The van der Waals surface area contributed by atoms with Crippen LogP contribution in [0.1, 0.15) is 19.8 Å². The highest BCUT2D eigenvalue weighted by Crippen LogP contribution is 2.11. The van der Waals surface area contributed by atoms with Gasteiger partial charge in [0, 0.05) is 26.2 Å². The van der Waals surface area contributed by atoms with Crippen LogP contribution in [0.2, 0.25) is 0 Å². The van der Waals surface area contributed by atoms with Gasteiger partial charge in [-0.25, -0.2) is 9.78 Å². The summed E-state index contributed by atoms with van der Waals surface area (Å²) in [6.07, 6.45) is 3.62. The van der Waals surface area contributed by atoms with Crippen molar-refractivity contribution >= 4 is 11.2 Å². The molecular weight excluding hydrogens is 298 g/mol. The van der Waals surface area contributed by atoms with Crippen molar-refractivity contribution in [3.63, 3.8) is 0 Å². The number of aromatic amines is 1. The van der Waals surface area contributed by atoms with E-state index in [1.807, 2.05) is 0 Å². The topological polar surface area (TPSA) is 85.3 Å². The van der Waals surface area contributed by atoms with Crippen LogP contribution in [0.4, 0.5) is 0 Å². The van der Waals surface area contributed by atoms with Crippen molar-refractivity contribution < 1.29 is 9.47 Å². The van der Waals surface area contributed by atoms with Crippen LogP contribution in [0.5, 0.6) is 6.01 Å². The molecule has 0 saturated carbocycles. The number of aromatic nitrogens is 4. The lowest BCUT2D eigenvalue weighted by atomic mass is 10.4. The number of H-pyrrole nitrogens is 1. The first-order valence-corrected chi connectivity index (χ1v) is 8.16. The van der Waals surface area contributed by atoms with Crippen molar-refractivity contribution in [2.24, 2.45) is 0 Å². The minimum absolute atomic E-state index is 0.159. The van der Waals surface area contributed by atoms with Crippen LogP contribution < -0.4 is 10.4 Å². The molecule has 8 heteroatoms. The van der Waals surface area contributed by atoms with E-state index in [2.05, 4.69) is 26.8 Å². The Labute approximate surface area is 134 Å². The summed E-state index contributed by atoms with van der Waals surface area (Å²) in [5.41, 5.74) is 1.08. The van der Waals surface area contributed by atoms with Gasteiger partial charge in [-0.2, -0.15) is 4.98 Å². The van der Waals surface area contributed by atoms with Crippen LogP contribution in [-0.4, -0.2) is 63.9 Å². The number of hydrogen-bond acceptors (Lipinski definition) is 6. The van der Waals surface area contributed by atoms with Crippen molar-refractivity contribution in [2.45, 2.75) is 26.3 Å². The lowest BCUT2D eigenvalue weighted by Gasteiger charge is -2.26. The molecule has 3 heterocycles. The fourth-order valence-electron chi connectivity index (χ4n) is 2.58. The first-order chi connectivity index (χ1) is 11.3. The van der Waals surface area contributed by atoms with E-state index < -0.39 is 0 Å². The van der Waals surface area contributed by atoms with Crippen LogP contribution in [0.3, 0.4) is 0 Å². The van der Waals surface area contributed by atoms with E-state index in [0.29, 0.717) is 30.3 Å². The lowest BCUT2D eigenvalue weighted by Crippen LogP contribution is -2.39. The molecule has 126 valence electrons. The number of imidazole rings is 1. The molecule has 2 aromatic heterocycles. The number of nitrogens with one attached hydrogen (secondary N) is 1. The molecule has 1 saturated heterocycles. The second kappa shape index (κ2) is 7.56. The predicted octanol–water partition coefficient (Wildman–Crippen LogP) is 0.631. The molecule has 0 bridgehead atoms. The van der Waals surface area contributed by atoms with Crippen LogP contribution in [-0.2, 0) is 11.3 Å². The van der Waals surface area contributed by atoms with Gasteiger partial charge in [-0.15, -0.1) is 0 Å². The van der Waals surface area contributed by atoms with Gasteiger partial charge >= 0.3 is 11.7 Å². The Bertz CT molecular complexity index is 690. The zero-order chi connectivity index (χ0) is 16.1. The van der Waals surface area contributed by atoms with Gasteiger partial charge in [-0.3, -0.25) is 9.47 Å². The standard InChI is InChI=1S/C15H23N5O3/c1-2-3-8-23-14-16-11-12-13(18-14)20(15(21)17-12)5-4-19-6-9-22-10-7-19/h11H,2-10H2,1H3,(H,17,21). The normalized spacial score (nSPS) is 16.0. The molecule has 1 aliphatic rings. The average molecular weight is 321 g/mol. The summed E-state index contributed by atoms with van der Waals surface area (Å²) in [7, 11) is 0. The smallest absolute Gasteiger partial charge is 0.327 e. The van der Waals surface area contributed by atoms with E-state index in [9.17, 15) is 4.79 Å². The van der Waals surface area contributed by atoms with E-state index in [4.69, 9.17) is 9.47 Å². The Balaban J connectivity index is 1.73. The van der Waals surface area contributed by atoms with Gasteiger partial charge in [0.15, 0.2) is 5.65 Å². The third-order valence-corrected chi connectivity index (χ3v) is 3.96. The second-order valence-electron chi connectivity index (χ2n) is 5.63. The molecule has 1 aliphatic heterocycles. The van der Waals surface area contributed by atoms with Crippen LogP contribution in [0.15, 0.2) is 11.0 Å². The zero-order valence-electron chi connectivity index (χ0n) is 13.5. The van der Waals surface area contributed by atoms with Crippen molar-refractivity contribution in [2.75, 3.05) is 39.5 Å². The molecule has 0 spiro atoms. The molecule has 1 fully saturated rings. The van der Waals surface area contributed by atoms with Gasteiger partial charge in [0.2, 0.25) is 0 Å². The first-order valence-electron chi connectivity index (χ1n) is 8.16. The Morgan fingerprint density at radius 3 is 2.96 bits per heavy atom. The minimum Gasteiger partial charge on any atom is -0.463 e. The first kappa shape index (κ1) is 15.9. The third-order valence-electron chi connectivity index (χ3n) is 3.96. The maximum Gasteiger partial charge on any atom is 0.327 e. The molecule has 3 rings (SSSR count). The highest BCUT2D eigenvalue weighted by molar-refractivity contribution is 5.69. The highest BCUT2D eigenvalue weighted by atomic mass is 16.5. The fraction of sp³-hybridized carbons (Fsp3) is 0.667. The maximum atomic E-state index is 12.1. The van der Waals surface area contributed by atoms with Gasteiger partial charge < -0.3 is 14.5 Å². The number of rotatable bonds is 7. The highest BCUT2D eigenvalue weighted by Gasteiger charge is 2.14. The summed E-state index contributed by atoms with van der Waals surface area (Å²) in [6, 6.07) is 0.324. The average Bonchev–Trinajstić information content (AvgIpc) is 2.89. The van der Waals surface area contributed by atoms with E-state index in [1.54, 1.807) is 10.8 Å². The Morgan fingerprint density at radius 2 is 2.17 bits per heavy atom. The van der Waals surface area contributed by atoms with E-state index in [0.717, 1.165) is 45.7 Å². The summed E-state index contributed by atoms with van der Waals surface area (Å²) in [5, 5.41) is 0. The van der Waals surface area contributed by atoms with Crippen LogP contribution >= 0.6 is 0 Å². The SMILES string of the molecule is CCCCOc1ncc2[nH]c(=O)n(CCN3CCOCC3)c2n1. The zero-order valence-corrected chi connectivity index (χ0v) is 13.5. The van der Waals surface area contributed by atoms with E-state index in [1.165, 1.54) is 0 Å². The molecule has 1 N–H and O–H groups in total. The lowest BCUT2D eigenvalue weighted by molar-refractivity contribution is 0.0364. The number of nitrogens with zero attached hydrogens (tertiary/aromatic N) is 4. The van der Waals surface area contributed by atoms with Gasteiger partial charge in [0.1, 0.15) is 5.52 Å². The largest absolute Gasteiger partial charge is 0.463 e. The van der Waals surface area contributed by atoms with E-state index in [-0.39, 0.29) is 5.69 Å². The summed E-state index contributed by atoms with van der Waals surface area (Å²) in [6.45, 7) is 7.37. The second-order valence-corrected chi connectivity index (χ2v) is 5.63. The van der Waals surface area contributed by atoms with Gasteiger partial charge in [-0.05, 0) is 6.42 Å². The molecule has 0 aliphatic carbocycles. The molecule has 0 amide bonds. The summed E-state index contributed by atoms with van der Waals surface area (Å²) < 4.78 is 12.5. The molecular formula is C15H23N5O3. The summed E-state index contributed by atoms with van der Waals surface area (Å²) in [5.74, 6) is 0. The number of fused-ring (bicyclic) bond motifs is 1. The minimum atomic E-state index is -0.159. The fourth-order valence-corrected chi connectivity index (χ4v) is 2.58. The maximum absolute atomic E-state index is 12.1. The van der Waals surface area contributed by atoms with Crippen molar-refractivity contribution in [1.82, 2.24) is 24.4 Å². The molecule has 0 atom stereocenters. The van der Waals surface area contributed by atoms with Crippen molar-refractivity contribution in [3.05, 3.63) is 16.7 Å². The van der Waals surface area contributed by atoms with Gasteiger partial charge in [0.05, 0.1) is 26.0 Å². The molecule has 23 heavy (non-hydrogen) atoms. The van der Waals surface area contributed by atoms with Crippen molar-refractivity contribution in [1.29, 1.82) is 0 Å². The molecule has 8 nitrogen and oxygen atoms in total. The van der Waals surface area contributed by atoms with Crippen LogP contribution in [0.25, 0.3) is 11.2 Å². The Kier molecular flexibility index (Phi) is 5.24. The van der Waals surface area contributed by atoms with E-state index >= 15 is 0 Å². The van der Waals surface area contributed by atoms with Gasteiger partial charge in [0.25, 0.3) is 0 Å². The number of hydrogen-bond donors (Lipinski definition) is 1.